The summed E-state index contributed by atoms with van der Waals surface area (Å²) in [6.45, 7) is 6.38. The number of primary amides is 1. The third kappa shape index (κ3) is 3.11. The van der Waals surface area contributed by atoms with Gasteiger partial charge in [0, 0.05) is 25.2 Å². The molecule has 1 saturated heterocycles. The van der Waals surface area contributed by atoms with Crippen molar-refractivity contribution in [1.29, 1.82) is 0 Å². The molecule has 6 heteroatoms. The Hall–Kier alpha value is -2.08. The number of rotatable bonds is 6. The molecule has 1 aromatic carbocycles. The van der Waals surface area contributed by atoms with E-state index in [9.17, 15) is 9.59 Å². The molecule has 1 aliphatic heterocycles. The molecule has 3 rings (SSSR count). The third-order valence-electron chi connectivity index (χ3n) is 5.85. The molecule has 0 bridgehead atoms. The first-order chi connectivity index (χ1) is 11.8. The van der Waals surface area contributed by atoms with E-state index in [1.165, 1.54) is 0 Å². The van der Waals surface area contributed by atoms with Crippen LogP contribution in [0, 0.1) is 16.7 Å². The van der Waals surface area contributed by atoms with E-state index in [1.54, 1.807) is 7.11 Å². The monoisotopic (exact) mass is 345 g/mol. The van der Waals surface area contributed by atoms with Crippen molar-refractivity contribution >= 4 is 11.8 Å². The van der Waals surface area contributed by atoms with Gasteiger partial charge in [-0.2, -0.15) is 0 Å². The average Bonchev–Trinajstić information content (AvgIpc) is 2.88. The fourth-order valence-corrected chi connectivity index (χ4v) is 4.75. The highest BCUT2D eigenvalue weighted by Gasteiger charge is 2.65. The van der Waals surface area contributed by atoms with Gasteiger partial charge >= 0.3 is 0 Å². The topological polar surface area (TPSA) is 84.7 Å². The van der Waals surface area contributed by atoms with Crippen molar-refractivity contribution in [3.63, 3.8) is 0 Å². The minimum Gasteiger partial charge on any atom is -0.496 e. The molecular weight excluding hydrogens is 318 g/mol. The number of benzene rings is 1. The maximum atomic E-state index is 12.3. The molecule has 1 saturated carbocycles. The van der Waals surface area contributed by atoms with Gasteiger partial charge in [-0.15, -0.1) is 0 Å². The summed E-state index contributed by atoms with van der Waals surface area (Å²) in [5.41, 5.74) is 6.27. The van der Waals surface area contributed by atoms with E-state index in [2.05, 4.69) is 24.1 Å². The molecule has 0 radical (unpaired) electrons. The number of likely N-dealkylation sites (tertiary alicyclic amines) is 1. The standard InChI is InChI=1S/C19H27N3O3/c1-18(2)11-19(17(20)24)12-22(9-15(18)19)10-16(23)21-8-13-6-4-5-7-14(13)25-3/h4-7,15H,8-12H2,1-3H3,(H2,20,24)(H,21,23)/t15-,19+/m1/s1. The van der Waals surface area contributed by atoms with Crippen LogP contribution in [-0.2, 0) is 16.1 Å². The Morgan fingerprint density at radius 2 is 2.08 bits per heavy atom. The van der Waals surface area contributed by atoms with Crippen molar-refractivity contribution in [1.82, 2.24) is 10.2 Å². The van der Waals surface area contributed by atoms with Crippen molar-refractivity contribution in [2.24, 2.45) is 22.5 Å². The Labute approximate surface area is 148 Å². The van der Waals surface area contributed by atoms with E-state index in [4.69, 9.17) is 10.5 Å². The summed E-state index contributed by atoms with van der Waals surface area (Å²) in [4.78, 5) is 26.4. The first-order valence-corrected chi connectivity index (χ1v) is 8.69. The van der Waals surface area contributed by atoms with Crippen LogP contribution in [0.25, 0.3) is 0 Å². The summed E-state index contributed by atoms with van der Waals surface area (Å²) in [7, 11) is 1.62. The highest BCUT2D eigenvalue weighted by molar-refractivity contribution is 5.84. The molecule has 1 heterocycles. The number of ether oxygens (including phenoxy) is 1. The van der Waals surface area contributed by atoms with Gasteiger partial charge in [-0.3, -0.25) is 14.5 Å². The largest absolute Gasteiger partial charge is 0.496 e. The maximum Gasteiger partial charge on any atom is 0.234 e. The zero-order valence-electron chi connectivity index (χ0n) is 15.2. The Bertz CT molecular complexity index is 688. The summed E-state index contributed by atoms with van der Waals surface area (Å²) < 4.78 is 5.30. The fourth-order valence-electron chi connectivity index (χ4n) is 4.75. The zero-order valence-corrected chi connectivity index (χ0v) is 15.2. The molecule has 2 amide bonds. The number of hydrogen-bond acceptors (Lipinski definition) is 4. The van der Waals surface area contributed by atoms with Gasteiger partial charge in [0.05, 0.1) is 19.1 Å². The second-order valence-corrected chi connectivity index (χ2v) is 8.00. The first kappa shape index (κ1) is 17.7. The van der Waals surface area contributed by atoms with Crippen LogP contribution >= 0.6 is 0 Å². The van der Waals surface area contributed by atoms with Gasteiger partial charge in [0.15, 0.2) is 0 Å². The molecule has 1 aromatic rings. The molecule has 0 aromatic heterocycles. The van der Waals surface area contributed by atoms with Gasteiger partial charge in [-0.25, -0.2) is 0 Å². The van der Waals surface area contributed by atoms with Crippen molar-refractivity contribution < 1.29 is 14.3 Å². The number of nitrogens with one attached hydrogen (secondary N) is 1. The predicted molar refractivity (Wildman–Crippen MR) is 94.8 cm³/mol. The maximum absolute atomic E-state index is 12.3. The quantitative estimate of drug-likeness (QED) is 0.810. The number of nitrogens with two attached hydrogens (primary N) is 1. The van der Waals surface area contributed by atoms with Crippen molar-refractivity contribution in [2.45, 2.75) is 26.8 Å². The lowest BCUT2D eigenvalue weighted by atomic mass is 9.48. The minimum atomic E-state index is -0.452. The van der Waals surface area contributed by atoms with Crippen LogP contribution in [0.3, 0.4) is 0 Å². The Balaban J connectivity index is 1.57. The lowest BCUT2D eigenvalue weighted by Crippen LogP contribution is -2.59. The number of carbonyl (C=O) groups excluding carboxylic acids is 2. The number of hydrogen-bond donors (Lipinski definition) is 2. The number of carbonyl (C=O) groups is 2. The minimum absolute atomic E-state index is 0.0513. The molecule has 136 valence electrons. The average molecular weight is 345 g/mol. The zero-order chi connectivity index (χ0) is 18.2. The van der Waals surface area contributed by atoms with Gasteiger partial charge in [0.25, 0.3) is 0 Å². The van der Waals surface area contributed by atoms with Gasteiger partial charge < -0.3 is 15.8 Å². The summed E-state index contributed by atoms with van der Waals surface area (Å²) in [5.74, 6) is 0.717. The molecular formula is C19H27N3O3. The van der Waals surface area contributed by atoms with Crippen molar-refractivity contribution in [3.05, 3.63) is 29.8 Å². The van der Waals surface area contributed by atoms with E-state index < -0.39 is 5.41 Å². The molecule has 2 aliphatic rings. The highest BCUT2D eigenvalue weighted by Crippen LogP contribution is 2.62. The SMILES string of the molecule is COc1ccccc1CNC(=O)CN1C[C@@H]2C(C)(C)C[C@]2(C(N)=O)C1. The van der Waals surface area contributed by atoms with Crippen molar-refractivity contribution in [2.75, 3.05) is 26.7 Å². The summed E-state index contributed by atoms with van der Waals surface area (Å²) >= 11 is 0. The van der Waals surface area contributed by atoms with Gasteiger partial charge in [0.1, 0.15) is 5.75 Å². The third-order valence-corrected chi connectivity index (χ3v) is 5.85. The second kappa shape index (κ2) is 6.33. The Morgan fingerprint density at radius 3 is 2.68 bits per heavy atom. The molecule has 3 N–H and O–H groups in total. The number of amides is 2. The van der Waals surface area contributed by atoms with Crippen LogP contribution in [0.1, 0.15) is 25.8 Å². The Morgan fingerprint density at radius 1 is 1.36 bits per heavy atom. The van der Waals surface area contributed by atoms with E-state index in [-0.39, 0.29) is 29.7 Å². The van der Waals surface area contributed by atoms with Crippen LogP contribution in [0.5, 0.6) is 5.75 Å². The normalized spacial score (nSPS) is 27.2. The molecule has 0 spiro atoms. The van der Waals surface area contributed by atoms with Crippen LogP contribution in [0.2, 0.25) is 0 Å². The molecule has 25 heavy (non-hydrogen) atoms. The number of nitrogens with zero attached hydrogens (tertiary/aromatic N) is 1. The van der Waals surface area contributed by atoms with Crippen LogP contribution in [0.15, 0.2) is 24.3 Å². The lowest BCUT2D eigenvalue weighted by molar-refractivity contribution is -0.148. The molecule has 2 atom stereocenters. The molecule has 2 fully saturated rings. The summed E-state index contributed by atoms with van der Waals surface area (Å²) in [5, 5.41) is 2.94. The summed E-state index contributed by atoms with van der Waals surface area (Å²) in [6, 6.07) is 7.62. The molecule has 1 aliphatic carbocycles. The second-order valence-electron chi connectivity index (χ2n) is 8.00. The van der Waals surface area contributed by atoms with Crippen molar-refractivity contribution in [3.8, 4) is 5.75 Å². The number of fused-ring (bicyclic) bond motifs is 1. The number of para-hydroxylation sites is 1. The van der Waals surface area contributed by atoms with Gasteiger partial charge in [-0.1, -0.05) is 32.0 Å². The first-order valence-electron chi connectivity index (χ1n) is 8.69. The molecule has 0 unspecified atom stereocenters. The van der Waals surface area contributed by atoms with E-state index in [0.29, 0.717) is 13.1 Å². The van der Waals surface area contributed by atoms with E-state index in [0.717, 1.165) is 24.3 Å². The smallest absolute Gasteiger partial charge is 0.234 e. The van der Waals surface area contributed by atoms with Gasteiger partial charge in [-0.05, 0) is 23.8 Å². The predicted octanol–water partition coefficient (Wildman–Crippen LogP) is 1.14. The van der Waals surface area contributed by atoms with E-state index in [1.807, 2.05) is 24.3 Å². The van der Waals surface area contributed by atoms with Crippen LogP contribution in [-0.4, -0.2) is 43.5 Å². The van der Waals surface area contributed by atoms with E-state index >= 15 is 0 Å². The lowest BCUT2D eigenvalue weighted by Gasteiger charge is -2.54. The Kier molecular flexibility index (Phi) is 4.49. The highest BCUT2D eigenvalue weighted by atomic mass is 16.5. The molecule has 6 nitrogen and oxygen atoms in total. The van der Waals surface area contributed by atoms with Crippen LogP contribution < -0.4 is 15.8 Å². The van der Waals surface area contributed by atoms with Crippen LogP contribution in [0.4, 0.5) is 0 Å². The van der Waals surface area contributed by atoms with Gasteiger partial charge in [0.2, 0.25) is 11.8 Å². The summed E-state index contributed by atoms with van der Waals surface area (Å²) in [6.07, 6.45) is 0.805. The number of methoxy groups -OCH3 is 1. The fraction of sp³-hybridized carbons (Fsp3) is 0.579.